The molecule has 12 heteroatoms. The minimum atomic E-state index is -1.39. The van der Waals surface area contributed by atoms with Crippen LogP contribution in [0.25, 0.3) is 0 Å². The molecule has 0 radical (unpaired) electrons. The van der Waals surface area contributed by atoms with Gasteiger partial charge in [0.25, 0.3) is 0 Å². The monoisotopic (exact) mass is 407 g/mol. The van der Waals surface area contributed by atoms with Crippen molar-refractivity contribution in [3.8, 4) is 0 Å². The molecule has 0 aromatic carbocycles. The molecule has 0 fully saturated rings. The first-order valence-electron chi connectivity index (χ1n) is 8.48. The molecular weight excluding hydrogens is 378 g/mol. The summed E-state index contributed by atoms with van der Waals surface area (Å²) in [7, 11) is 0. The lowest BCUT2D eigenvalue weighted by molar-refractivity contribution is -0.139. The van der Waals surface area contributed by atoms with Gasteiger partial charge in [-0.3, -0.25) is 19.2 Å². The molecule has 156 valence electrons. The largest absolute Gasteiger partial charge is 0.480 e. The Bertz CT molecular complexity index is 519. The molecule has 0 aromatic heterocycles. The number of aliphatic hydroxyl groups is 1. The number of aliphatic hydroxyl groups excluding tert-OH is 1. The van der Waals surface area contributed by atoms with Gasteiger partial charge >= 0.3 is 5.97 Å². The van der Waals surface area contributed by atoms with Crippen molar-refractivity contribution in [3.05, 3.63) is 0 Å². The Hall–Kier alpha value is -1.89. The summed E-state index contributed by atoms with van der Waals surface area (Å²) in [5.74, 6) is -3.53. The molecule has 0 saturated carbocycles. The van der Waals surface area contributed by atoms with Gasteiger partial charge in [0.2, 0.25) is 17.7 Å². The van der Waals surface area contributed by atoms with Crippen LogP contribution in [0.3, 0.4) is 0 Å². The fraction of sp³-hybridized carbons (Fsp3) is 0.733. The van der Waals surface area contributed by atoms with Crippen LogP contribution in [-0.4, -0.2) is 77.0 Å². The van der Waals surface area contributed by atoms with E-state index in [2.05, 4.69) is 28.6 Å². The maximum absolute atomic E-state index is 12.3. The number of hydrogen-bond donors (Lipinski definition) is 8. The number of carbonyl (C=O) groups is 4. The van der Waals surface area contributed by atoms with Gasteiger partial charge in [0.05, 0.1) is 12.1 Å². The Labute approximate surface area is 163 Å². The summed E-state index contributed by atoms with van der Waals surface area (Å²) in [6, 6.07) is -3.30. The standard InChI is InChI=1S/C15H29N5O6S/c1-8(21)12(15(26)18-6-11(22)23)20-14(25)10(7-27)19-13(24)9(17)4-2-3-5-16/h8-10,12,21,27H,2-7,16-17H2,1H3,(H,18,26)(H,19,24)(H,20,25)(H,22,23). The number of hydrogen-bond acceptors (Lipinski definition) is 8. The molecule has 3 amide bonds. The second-order valence-electron chi connectivity index (χ2n) is 5.97. The third kappa shape index (κ3) is 10.1. The van der Waals surface area contributed by atoms with Crippen molar-refractivity contribution in [2.45, 2.75) is 50.4 Å². The van der Waals surface area contributed by atoms with Crippen LogP contribution in [0, 0.1) is 0 Å². The summed E-state index contributed by atoms with van der Waals surface area (Å²) in [6.07, 6.45) is 0.491. The fourth-order valence-electron chi connectivity index (χ4n) is 2.04. The molecule has 27 heavy (non-hydrogen) atoms. The third-order valence-corrected chi connectivity index (χ3v) is 3.96. The Balaban J connectivity index is 4.80. The molecule has 4 atom stereocenters. The van der Waals surface area contributed by atoms with Crippen molar-refractivity contribution in [2.24, 2.45) is 11.5 Å². The van der Waals surface area contributed by atoms with E-state index in [1.807, 2.05) is 0 Å². The molecule has 4 unspecified atom stereocenters. The number of nitrogens with one attached hydrogen (secondary N) is 3. The lowest BCUT2D eigenvalue weighted by Crippen LogP contribution is -2.59. The number of rotatable bonds is 13. The van der Waals surface area contributed by atoms with Crippen molar-refractivity contribution in [1.82, 2.24) is 16.0 Å². The SMILES string of the molecule is CC(O)C(NC(=O)C(CS)NC(=O)C(N)CCCCN)C(=O)NCC(=O)O. The number of thiol groups is 1. The smallest absolute Gasteiger partial charge is 0.322 e. The fourth-order valence-corrected chi connectivity index (χ4v) is 2.30. The molecule has 0 heterocycles. The Kier molecular flexibility index (Phi) is 12.4. The van der Waals surface area contributed by atoms with Gasteiger partial charge in [-0.25, -0.2) is 0 Å². The number of aliphatic carboxylic acids is 1. The molecule has 0 bridgehead atoms. The van der Waals surface area contributed by atoms with Gasteiger partial charge < -0.3 is 37.6 Å². The van der Waals surface area contributed by atoms with E-state index < -0.39 is 54.5 Å². The molecule has 11 nitrogen and oxygen atoms in total. The highest BCUT2D eigenvalue weighted by molar-refractivity contribution is 7.80. The second kappa shape index (κ2) is 13.3. The van der Waals surface area contributed by atoms with E-state index in [1.165, 1.54) is 6.92 Å². The lowest BCUT2D eigenvalue weighted by atomic mass is 10.1. The van der Waals surface area contributed by atoms with Crippen molar-refractivity contribution in [2.75, 3.05) is 18.8 Å². The van der Waals surface area contributed by atoms with E-state index >= 15 is 0 Å². The first-order valence-corrected chi connectivity index (χ1v) is 9.12. The predicted octanol–water partition coefficient (Wildman–Crippen LogP) is -3.08. The van der Waals surface area contributed by atoms with Gasteiger partial charge in [-0.2, -0.15) is 12.6 Å². The number of nitrogens with two attached hydrogens (primary N) is 2. The zero-order valence-electron chi connectivity index (χ0n) is 15.2. The summed E-state index contributed by atoms with van der Waals surface area (Å²) < 4.78 is 0. The van der Waals surface area contributed by atoms with Gasteiger partial charge in [0, 0.05) is 5.75 Å². The maximum Gasteiger partial charge on any atom is 0.322 e. The van der Waals surface area contributed by atoms with E-state index in [4.69, 9.17) is 16.6 Å². The molecule has 9 N–H and O–H groups in total. The zero-order chi connectivity index (χ0) is 21.0. The number of unbranched alkanes of at least 4 members (excludes halogenated alkanes) is 1. The summed E-state index contributed by atoms with van der Waals surface area (Å²) in [5, 5.41) is 25.0. The summed E-state index contributed by atoms with van der Waals surface area (Å²) in [6.45, 7) is 1.08. The van der Waals surface area contributed by atoms with Crippen LogP contribution in [0.1, 0.15) is 26.2 Å². The van der Waals surface area contributed by atoms with Crippen LogP contribution in [0.4, 0.5) is 0 Å². The highest BCUT2D eigenvalue weighted by Gasteiger charge is 2.30. The van der Waals surface area contributed by atoms with Gasteiger partial charge in [-0.15, -0.1) is 0 Å². The Morgan fingerprint density at radius 3 is 2.19 bits per heavy atom. The molecule has 0 aliphatic heterocycles. The average molecular weight is 407 g/mol. The van der Waals surface area contributed by atoms with Gasteiger partial charge in [-0.05, 0) is 26.3 Å². The highest BCUT2D eigenvalue weighted by Crippen LogP contribution is 2.01. The second-order valence-corrected chi connectivity index (χ2v) is 6.34. The van der Waals surface area contributed by atoms with E-state index in [9.17, 15) is 24.3 Å². The third-order valence-electron chi connectivity index (χ3n) is 3.60. The number of carboxylic acids is 1. The van der Waals surface area contributed by atoms with Gasteiger partial charge in [0.15, 0.2) is 0 Å². The van der Waals surface area contributed by atoms with Crippen molar-refractivity contribution in [1.29, 1.82) is 0 Å². The van der Waals surface area contributed by atoms with Crippen LogP contribution in [0.5, 0.6) is 0 Å². The van der Waals surface area contributed by atoms with Crippen LogP contribution in [-0.2, 0) is 19.2 Å². The molecule has 0 rings (SSSR count). The molecule has 0 saturated heterocycles. The zero-order valence-corrected chi connectivity index (χ0v) is 16.1. The summed E-state index contributed by atoms with van der Waals surface area (Å²) in [5.41, 5.74) is 11.1. The first-order chi connectivity index (χ1) is 12.6. The van der Waals surface area contributed by atoms with Gasteiger partial charge in [0.1, 0.15) is 18.6 Å². The van der Waals surface area contributed by atoms with Gasteiger partial charge in [-0.1, -0.05) is 6.42 Å². The van der Waals surface area contributed by atoms with Crippen LogP contribution in [0.15, 0.2) is 0 Å². The van der Waals surface area contributed by atoms with Crippen molar-refractivity contribution < 1.29 is 29.4 Å². The number of carboxylic acid groups (broad SMARTS) is 1. The predicted molar refractivity (Wildman–Crippen MR) is 101 cm³/mol. The molecule has 0 aromatic rings. The normalized spacial score (nSPS) is 15.1. The minimum absolute atomic E-state index is 0.0730. The topological polar surface area (TPSA) is 197 Å². The maximum atomic E-state index is 12.3. The van der Waals surface area contributed by atoms with E-state index in [0.29, 0.717) is 19.4 Å². The minimum Gasteiger partial charge on any atom is -0.480 e. The average Bonchev–Trinajstić information content (AvgIpc) is 2.61. The Morgan fingerprint density at radius 1 is 1.07 bits per heavy atom. The number of amides is 3. The molecule has 0 aliphatic carbocycles. The van der Waals surface area contributed by atoms with Crippen LogP contribution < -0.4 is 27.4 Å². The van der Waals surface area contributed by atoms with Crippen molar-refractivity contribution >= 4 is 36.3 Å². The number of carbonyl (C=O) groups excluding carboxylic acids is 3. The van der Waals surface area contributed by atoms with Crippen LogP contribution in [0.2, 0.25) is 0 Å². The lowest BCUT2D eigenvalue weighted by Gasteiger charge is -2.24. The summed E-state index contributed by atoms with van der Waals surface area (Å²) in [4.78, 5) is 46.8. The van der Waals surface area contributed by atoms with E-state index in [1.54, 1.807) is 0 Å². The Morgan fingerprint density at radius 2 is 1.70 bits per heavy atom. The molecule has 0 aliphatic rings. The quantitative estimate of drug-likeness (QED) is 0.116. The van der Waals surface area contributed by atoms with Crippen LogP contribution >= 0.6 is 12.6 Å². The molecule has 0 spiro atoms. The highest BCUT2D eigenvalue weighted by atomic mass is 32.1. The molecular formula is C15H29N5O6S. The van der Waals surface area contributed by atoms with Crippen molar-refractivity contribution in [3.63, 3.8) is 0 Å². The first kappa shape index (κ1) is 25.1. The van der Waals surface area contributed by atoms with E-state index in [-0.39, 0.29) is 5.75 Å². The summed E-state index contributed by atoms with van der Waals surface area (Å²) >= 11 is 4.00. The van der Waals surface area contributed by atoms with E-state index in [0.717, 1.165) is 6.42 Å².